The number of halogens is 2. The van der Waals surface area contributed by atoms with Crippen molar-refractivity contribution in [3.05, 3.63) is 27.7 Å². The molecule has 0 spiro atoms. The van der Waals surface area contributed by atoms with E-state index in [1.165, 1.54) is 12.8 Å². The molecular formula is C12H15Cl2NO. The van der Waals surface area contributed by atoms with Crippen LogP contribution in [0, 0.1) is 5.92 Å². The van der Waals surface area contributed by atoms with Gasteiger partial charge in [-0.2, -0.15) is 0 Å². The summed E-state index contributed by atoms with van der Waals surface area (Å²) in [7, 11) is 0. The fourth-order valence-corrected chi connectivity index (χ4v) is 1.89. The molecule has 1 aliphatic carbocycles. The van der Waals surface area contributed by atoms with Crippen LogP contribution in [0.5, 0.6) is 5.75 Å². The largest absolute Gasteiger partial charge is 0.493 e. The van der Waals surface area contributed by atoms with Crippen molar-refractivity contribution in [2.45, 2.75) is 19.3 Å². The van der Waals surface area contributed by atoms with E-state index in [0.717, 1.165) is 30.3 Å². The molecule has 0 unspecified atom stereocenters. The van der Waals surface area contributed by atoms with Crippen LogP contribution in [0.4, 0.5) is 0 Å². The highest BCUT2D eigenvalue weighted by Crippen LogP contribution is 2.34. The molecule has 0 saturated heterocycles. The molecule has 0 atom stereocenters. The number of hydrogen-bond donors (Lipinski definition) is 1. The third kappa shape index (κ3) is 3.03. The maximum Gasteiger partial charge on any atom is 0.124 e. The van der Waals surface area contributed by atoms with Gasteiger partial charge in [0.1, 0.15) is 5.75 Å². The van der Waals surface area contributed by atoms with Crippen LogP contribution in [-0.2, 0) is 6.42 Å². The molecule has 0 amide bonds. The van der Waals surface area contributed by atoms with Crippen LogP contribution in [0.25, 0.3) is 0 Å². The number of benzene rings is 1. The molecule has 0 aliphatic heterocycles. The van der Waals surface area contributed by atoms with Gasteiger partial charge in [-0.1, -0.05) is 23.2 Å². The highest BCUT2D eigenvalue weighted by Gasteiger charge is 2.22. The molecule has 4 heteroatoms. The topological polar surface area (TPSA) is 35.2 Å². The van der Waals surface area contributed by atoms with Gasteiger partial charge in [-0.3, -0.25) is 0 Å². The molecule has 2 N–H and O–H groups in total. The zero-order valence-corrected chi connectivity index (χ0v) is 10.5. The van der Waals surface area contributed by atoms with Gasteiger partial charge in [0.25, 0.3) is 0 Å². The number of nitrogens with two attached hydrogens (primary N) is 1. The fourth-order valence-electron chi connectivity index (χ4n) is 1.55. The summed E-state index contributed by atoms with van der Waals surface area (Å²) in [6.07, 6.45) is 3.30. The summed E-state index contributed by atoms with van der Waals surface area (Å²) in [5, 5.41) is 1.09. The van der Waals surface area contributed by atoms with E-state index < -0.39 is 0 Å². The molecule has 1 aromatic carbocycles. The lowest BCUT2D eigenvalue weighted by atomic mass is 10.1. The van der Waals surface area contributed by atoms with Crippen LogP contribution in [0.15, 0.2) is 12.1 Å². The van der Waals surface area contributed by atoms with Crippen molar-refractivity contribution >= 4 is 23.2 Å². The normalized spacial score (nSPS) is 15.2. The van der Waals surface area contributed by atoms with Crippen molar-refractivity contribution in [2.24, 2.45) is 11.7 Å². The standard InChI is InChI=1S/C12H15Cl2NO/c13-10-5-9(3-4-15)12(6-11(10)14)16-7-8-1-2-8/h5-6,8H,1-4,7,15H2. The SMILES string of the molecule is NCCc1cc(Cl)c(Cl)cc1OCC1CC1. The second kappa shape index (κ2) is 5.26. The van der Waals surface area contributed by atoms with Gasteiger partial charge in [0, 0.05) is 6.07 Å². The average Bonchev–Trinajstić information content (AvgIpc) is 3.05. The second-order valence-electron chi connectivity index (χ2n) is 4.17. The van der Waals surface area contributed by atoms with E-state index in [2.05, 4.69) is 0 Å². The monoisotopic (exact) mass is 259 g/mol. The first kappa shape index (κ1) is 12.0. The Morgan fingerprint density at radius 2 is 1.94 bits per heavy atom. The molecule has 2 rings (SSSR count). The Morgan fingerprint density at radius 3 is 2.56 bits per heavy atom. The zero-order chi connectivity index (χ0) is 11.5. The molecule has 1 fully saturated rings. The Morgan fingerprint density at radius 1 is 1.25 bits per heavy atom. The minimum Gasteiger partial charge on any atom is -0.493 e. The summed E-state index contributed by atoms with van der Waals surface area (Å²) in [5.41, 5.74) is 6.59. The van der Waals surface area contributed by atoms with E-state index in [1.54, 1.807) is 6.07 Å². The van der Waals surface area contributed by atoms with Crippen LogP contribution in [0.2, 0.25) is 10.0 Å². The van der Waals surface area contributed by atoms with E-state index in [4.69, 9.17) is 33.7 Å². The molecule has 0 radical (unpaired) electrons. The lowest BCUT2D eigenvalue weighted by molar-refractivity contribution is 0.297. The van der Waals surface area contributed by atoms with Crippen molar-refractivity contribution in [3.63, 3.8) is 0 Å². The van der Waals surface area contributed by atoms with Gasteiger partial charge in [-0.25, -0.2) is 0 Å². The van der Waals surface area contributed by atoms with Gasteiger partial charge in [0.05, 0.1) is 16.7 Å². The van der Waals surface area contributed by atoms with Crippen molar-refractivity contribution in [1.29, 1.82) is 0 Å². The minimum absolute atomic E-state index is 0.535. The Labute approximate surface area is 106 Å². The van der Waals surface area contributed by atoms with Gasteiger partial charge in [0.2, 0.25) is 0 Å². The molecule has 0 aromatic heterocycles. The lowest BCUT2D eigenvalue weighted by Crippen LogP contribution is -2.07. The highest BCUT2D eigenvalue weighted by atomic mass is 35.5. The van der Waals surface area contributed by atoms with Gasteiger partial charge >= 0.3 is 0 Å². The van der Waals surface area contributed by atoms with Crippen LogP contribution in [-0.4, -0.2) is 13.2 Å². The Kier molecular flexibility index (Phi) is 3.95. The van der Waals surface area contributed by atoms with Crippen LogP contribution < -0.4 is 10.5 Å². The first-order valence-electron chi connectivity index (χ1n) is 5.51. The first-order chi connectivity index (χ1) is 7.70. The second-order valence-corrected chi connectivity index (χ2v) is 4.98. The number of ether oxygens (including phenoxy) is 1. The van der Waals surface area contributed by atoms with Gasteiger partial charge < -0.3 is 10.5 Å². The zero-order valence-electron chi connectivity index (χ0n) is 9.01. The summed E-state index contributed by atoms with van der Waals surface area (Å²) in [5.74, 6) is 1.55. The molecule has 1 aromatic rings. The summed E-state index contributed by atoms with van der Waals surface area (Å²) in [6, 6.07) is 3.64. The maximum atomic E-state index is 5.97. The van der Waals surface area contributed by atoms with Crippen LogP contribution in [0.3, 0.4) is 0 Å². The Hall–Kier alpha value is -0.440. The predicted molar refractivity (Wildman–Crippen MR) is 67.4 cm³/mol. The quantitative estimate of drug-likeness (QED) is 0.881. The van der Waals surface area contributed by atoms with Crippen molar-refractivity contribution in [2.75, 3.05) is 13.2 Å². The highest BCUT2D eigenvalue weighted by molar-refractivity contribution is 6.42. The minimum atomic E-state index is 0.535. The third-order valence-corrected chi connectivity index (χ3v) is 3.41. The summed E-state index contributed by atoms with van der Waals surface area (Å²) < 4.78 is 5.75. The molecule has 0 bridgehead atoms. The van der Waals surface area contributed by atoms with E-state index in [9.17, 15) is 0 Å². The van der Waals surface area contributed by atoms with E-state index in [0.29, 0.717) is 16.6 Å². The number of hydrogen-bond acceptors (Lipinski definition) is 2. The van der Waals surface area contributed by atoms with Gasteiger partial charge in [-0.15, -0.1) is 0 Å². The fraction of sp³-hybridized carbons (Fsp3) is 0.500. The molecular weight excluding hydrogens is 245 g/mol. The smallest absolute Gasteiger partial charge is 0.124 e. The van der Waals surface area contributed by atoms with Crippen LogP contribution >= 0.6 is 23.2 Å². The van der Waals surface area contributed by atoms with E-state index in [1.807, 2.05) is 6.07 Å². The average molecular weight is 260 g/mol. The van der Waals surface area contributed by atoms with E-state index in [-0.39, 0.29) is 0 Å². The molecule has 1 aliphatic rings. The van der Waals surface area contributed by atoms with Crippen molar-refractivity contribution in [1.82, 2.24) is 0 Å². The summed E-state index contributed by atoms with van der Waals surface area (Å²) in [6.45, 7) is 1.35. The summed E-state index contributed by atoms with van der Waals surface area (Å²) >= 11 is 11.9. The molecule has 1 saturated carbocycles. The Balaban J connectivity index is 2.14. The number of rotatable bonds is 5. The molecule has 0 heterocycles. The molecule has 2 nitrogen and oxygen atoms in total. The van der Waals surface area contributed by atoms with Crippen molar-refractivity contribution < 1.29 is 4.74 Å². The molecule has 16 heavy (non-hydrogen) atoms. The summed E-state index contributed by atoms with van der Waals surface area (Å²) in [4.78, 5) is 0. The lowest BCUT2D eigenvalue weighted by Gasteiger charge is -2.12. The predicted octanol–water partition coefficient (Wildman–Crippen LogP) is 3.28. The first-order valence-corrected chi connectivity index (χ1v) is 6.27. The van der Waals surface area contributed by atoms with Crippen LogP contribution in [0.1, 0.15) is 18.4 Å². The van der Waals surface area contributed by atoms with Gasteiger partial charge in [0.15, 0.2) is 0 Å². The van der Waals surface area contributed by atoms with Crippen molar-refractivity contribution in [3.8, 4) is 5.75 Å². The van der Waals surface area contributed by atoms with Gasteiger partial charge in [-0.05, 0) is 43.4 Å². The molecule has 88 valence electrons. The van der Waals surface area contributed by atoms with E-state index >= 15 is 0 Å². The maximum absolute atomic E-state index is 5.97. The third-order valence-electron chi connectivity index (χ3n) is 2.69. The Bertz CT molecular complexity index is 378.